The third kappa shape index (κ3) is 5.63. The molecule has 0 N–H and O–H groups in total. The third-order valence-electron chi connectivity index (χ3n) is 9.27. The largest absolute Gasteiger partial charge is 3.00 e. The summed E-state index contributed by atoms with van der Waals surface area (Å²) >= 11 is 0. The van der Waals surface area contributed by atoms with Crippen LogP contribution >= 0.6 is 0 Å². The van der Waals surface area contributed by atoms with Crippen LogP contribution < -0.4 is 24.8 Å². The molecule has 1 aliphatic carbocycles. The number of hydrogen-bond donors (Lipinski definition) is 0. The van der Waals surface area contributed by atoms with Gasteiger partial charge in [-0.25, -0.2) is 0 Å². The molecule has 0 saturated heterocycles. The van der Waals surface area contributed by atoms with Crippen LogP contribution in [0.4, 0.5) is 0 Å². The zero-order chi connectivity index (χ0) is 27.5. The zero-order valence-electron chi connectivity index (χ0n) is 25.7. The van der Waals surface area contributed by atoms with E-state index in [-0.39, 0.29) is 51.0 Å². The normalized spacial score (nSPS) is 16.2. The first-order valence-electron chi connectivity index (χ1n) is 14.5. The number of aromatic nitrogens is 1. The Kier molecular flexibility index (Phi) is 10.9. The number of hydrogen-bond acceptors (Lipinski definition) is 0. The Morgan fingerprint density at radius 3 is 2.14 bits per heavy atom. The fourth-order valence-electron chi connectivity index (χ4n) is 7.29. The Balaban J connectivity index is 0.000000215. The van der Waals surface area contributed by atoms with Crippen LogP contribution in [0.15, 0.2) is 96.6 Å². The van der Waals surface area contributed by atoms with Gasteiger partial charge in [-0.05, 0) is 66.3 Å². The molecule has 215 valence electrons. The minimum absolute atomic E-state index is 0. The summed E-state index contributed by atoms with van der Waals surface area (Å²) in [6.45, 7) is 16.3. The van der Waals surface area contributed by atoms with Gasteiger partial charge in [-0.1, -0.05) is 93.5 Å². The molecule has 1 radical (unpaired) electrons. The Morgan fingerprint density at radius 2 is 1.52 bits per heavy atom. The molecule has 0 spiro atoms. The number of allylic oxidation sites excluding steroid dienone is 1. The molecule has 0 saturated carbocycles. The van der Waals surface area contributed by atoms with Crippen molar-refractivity contribution in [1.82, 2.24) is 4.57 Å². The molecule has 2 bridgehead atoms. The summed E-state index contributed by atoms with van der Waals surface area (Å²) < 4.78 is 2.47. The second-order valence-electron chi connectivity index (χ2n) is 12.2. The van der Waals surface area contributed by atoms with E-state index in [2.05, 4.69) is 143 Å². The van der Waals surface area contributed by atoms with Crippen LogP contribution in [0, 0.1) is 13.8 Å². The van der Waals surface area contributed by atoms with Gasteiger partial charge in [-0.3, -0.25) is 0 Å². The first kappa shape index (κ1) is 34.5. The third-order valence-corrected chi connectivity index (χ3v) is 13.4. The topological polar surface area (TPSA) is 4.93 Å². The van der Waals surface area contributed by atoms with Gasteiger partial charge >= 0.3 is 26.2 Å². The van der Waals surface area contributed by atoms with E-state index in [4.69, 9.17) is 0 Å². The summed E-state index contributed by atoms with van der Waals surface area (Å²) in [5.74, 6) is 0.640. The predicted octanol–water partition coefficient (Wildman–Crippen LogP) is 4.51. The number of benzene rings is 3. The second-order valence-corrected chi connectivity index (χ2v) is 16.8. The van der Waals surface area contributed by atoms with Gasteiger partial charge in [0.2, 0.25) is 0 Å². The van der Waals surface area contributed by atoms with E-state index in [0.717, 1.165) is 5.54 Å². The van der Waals surface area contributed by atoms with Crippen molar-refractivity contribution in [1.29, 1.82) is 0 Å². The fraction of sp³-hybridized carbons (Fsp3) is 0.270. The van der Waals surface area contributed by atoms with Gasteiger partial charge in [0.15, 0.2) is 0 Å². The number of fused-ring (bicyclic) bond motifs is 1. The standard InChI is InChI=1S/C20H21.C17H19NSi.2ClH.Zr/c1-4-15(3)16-8-10-17(11-9-16)19-7-5-6-18-12-14(2)13-20(18)19;1-11-10-14-15(17-12(2)16(14)19(17,3)4)18(11)13-8-6-5-7-9-13;;;/h5-13,15H,4H2,1-3H3;5-10,16H,1-4H3;2*1H;/q-1;;;;+3/p-2. The number of halogens is 2. The van der Waals surface area contributed by atoms with Gasteiger partial charge in [-0.15, -0.1) is 34.5 Å². The molecule has 42 heavy (non-hydrogen) atoms. The number of para-hydroxylation sites is 1. The van der Waals surface area contributed by atoms with E-state index >= 15 is 0 Å². The van der Waals surface area contributed by atoms with Crippen molar-refractivity contribution in [3.05, 3.63) is 125 Å². The summed E-state index contributed by atoms with van der Waals surface area (Å²) in [4.78, 5) is 0. The Hall–Kier alpha value is -2.03. The SMILES string of the molecule is CC1=C2c3c(cc(C)n3-c3ccccc3)C1[Si]2(C)C.CCC(C)c1ccc(-c2cccc3[cH-]c(C)cc23)cc1.[Cl-].[Cl-].[Zr+3]. The maximum atomic E-state index is 2.52. The van der Waals surface area contributed by atoms with Crippen LogP contribution in [0.3, 0.4) is 0 Å². The Bertz CT molecular complexity index is 1710. The number of aryl methyl sites for hydroxylation is 2. The van der Waals surface area contributed by atoms with Crippen molar-refractivity contribution in [3.8, 4) is 16.8 Å². The van der Waals surface area contributed by atoms with E-state index in [9.17, 15) is 0 Å². The van der Waals surface area contributed by atoms with Gasteiger partial charge in [0.1, 0.15) is 0 Å². The summed E-state index contributed by atoms with van der Waals surface area (Å²) in [6.07, 6.45) is 1.19. The van der Waals surface area contributed by atoms with Crippen molar-refractivity contribution in [2.75, 3.05) is 0 Å². The number of rotatable bonds is 4. The molecule has 5 heteroatoms. The van der Waals surface area contributed by atoms with Crippen LogP contribution in [0.25, 0.3) is 32.8 Å². The van der Waals surface area contributed by atoms with Gasteiger partial charge in [-0.2, -0.15) is 6.07 Å². The molecule has 1 nitrogen and oxygen atoms in total. The average Bonchev–Trinajstić information content (AvgIpc) is 3.62. The summed E-state index contributed by atoms with van der Waals surface area (Å²) in [5.41, 5.74) is 13.7. The smallest absolute Gasteiger partial charge is 1.00 e. The monoisotopic (exact) mass is 686 g/mol. The van der Waals surface area contributed by atoms with Gasteiger partial charge < -0.3 is 29.4 Å². The van der Waals surface area contributed by atoms with E-state index in [1.165, 1.54) is 56.5 Å². The van der Waals surface area contributed by atoms with Crippen molar-refractivity contribution in [3.63, 3.8) is 0 Å². The maximum Gasteiger partial charge on any atom is 3.00 e. The molecule has 5 aromatic rings. The molecule has 3 aliphatic rings. The van der Waals surface area contributed by atoms with E-state index < -0.39 is 8.07 Å². The van der Waals surface area contributed by atoms with Crippen LogP contribution in [-0.2, 0) is 26.2 Å². The summed E-state index contributed by atoms with van der Waals surface area (Å²) in [6, 6.07) is 33.4. The maximum absolute atomic E-state index is 2.52. The summed E-state index contributed by atoms with van der Waals surface area (Å²) in [5, 5.41) is 4.41. The van der Waals surface area contributed by atoms with Crippen molar-refractivity contribution >= 4 is 24.0 Å². The van der Waals surface area contributed by atoms with E-state index in [0.29, 0.717) is 5.92 Å². The van der Waals surface area contributed by atoms with Crippen molar-refractivity contribution < 1.29 is 51.0 Å². The molecule has 8 rings (SSSR count). The number of nitrogens with zero attached hydrogens (tertiary/aromatic N) is 1. The fourth-order valence-corrected chi connectivity index (χ4v) is 11.6. The molecular formula is C37H40Cl2NSiZr. The minimum Gasteiger partial charge on any atom is -1.00 e. The minimum atomic E-state index is -1.19. The molecule has 2 unspecified atom stereocenters. The van der Waals surface area contributed by atoms with Gasteiger partial charge in [0, 0.05) is 22.6 Å². The Labute approximate surface area is 284 Å². The molecule has 3 heterocycles. The first-order valence-corrected chi connectivity index (χ1v) is 17.6. The molecule has 2 atom stereocenters. The van der Waals surface area contributed by atoms with E-state index in [1.54, 1.807) is 16.3 Å². The molecule has 2 aliphatic heterocycles. The molecular weight excluding hydrogens is 649 g/mol. The molecule has 1 aromatic heterocycles. The first-order chi connectivity index (χ1) is 18.7. The van der Waals surface area contributed by atoms with Gasteiger partial charge in [0.25, 0.3) is 0 Å². The van der Waals surface area contributed by atoms with Gasteiger partial charge in [0.05, 0.1) is 8.07 Å². The Morgan fingerprint density at radius 1 is 0.857 bits per heavy atom. The zero-order valence-corrected chi connectivity index (χ0v) is 30.7. The van der Waals surface area contributed by atoms with Crippen LogP contribution in [-0.4, -0.2) is 12.6 Å². The second kappa shape index (κ2) is 13.3. The van der Waals surface area contributed by atoms with Crippen LogP contribution in [0.2, 0.25) is 13.1 Å². The predicted molar refractivity (Wildman–Crippen MR) is 172 cm³/mol. The van der Waals surface area contributed by atoms with Crippen LogP contribution in [0.5, 0.6) is 0 Å². The molecule has 0 fully saturated rings. The van der Waals surface area contributed by atoms with Crippen LogP contribution in [0.1, 0.15) is 66.7 Å². The molecule has 0 amide bonds. The van der Waals surface area contributed by atoms with Crippen molar-refractivity contribution in [2.24, 2.45) is 0 Å². The van der Waals surface area contributed by atoms with E-state index in [1.807, 2.05) is 0 Å². The summed E-state index contributed by atoms with van der Waals surface area (Å²) in [7, 11) is -1.19. The molecule has 4 aromatic carbocycles. The quantitative estimate of drug-likeness (QED) is 0.194. The average molecular weight is 689 g/mol. The van der Waals surface area contributed by atoms with Crippen molar-refractivity contribution in [2.45, 2.75) is 65.6 Å².